The predicted molar refractivity (Wildman–Crippen MR) is 72.0 cm³/mol. The highest BCUT2D eigenvalue weighted by atomic mass is 19.1. The van der Waals surface area contributed by atoms with E-state index in [9.17, 15) is 4.39 Å². The Hall–Kier alpha value is -1.98. The van der Waals surface area contributed by atoms with Crippen molar-refractivity contribution < 1.29 is 4.39 Å². The summed E-state index contributed by atoms with van der Waals surface area (Å²) in [7, 11) is 0. The molecular weight excluding hydrogens is 245 g/mol. The van der Waals surface area contributed by atoms with Crippen LogP contribution in [0.3, 0.4) is 0 Å². The molecule has 0 unspecified atom stereocenters. The summed E-state index contributed by atoms with van der Waals surface area (Å²) >= 11 is 0. The first kappa shape index (κ1) is 13.5. The van der Waals surface area contributed by atoms with Crippen molar-refractivity contribution in [2.75, 3.05) is 5.73 Å². The van der Waals surface area contributed by atoms with Crippen LogP contribution in [0.25, 0.3) is 11.4 Å². The molecular formula is C13H18FN5. The quantitative estimate of drug-likeness (QED) is 0.864. The number of hydrogen-bond acceptors (Lipinski definition) is 4. The van der Waals surface area contributed by atoms with E-state index in [4.69, 9.17) is 5.73 Å². The van der Waals surface area contributed by atoms with Gasteiger partial charge in [-0.3, -0.25) is 0 Å². The molecule has 0 fully saturated rings. The van der Waals surface area contributed by atoms with Gasteiger partial charge in [-0.05, 0) is 49.8 Å². The van der Waals surface area contributed by atoms with Crippen LogP contribution in [0, 0.1) is 12.7 Å². The van der Waals surface area contributed by atoms with Crippen LogP contribution >= 0.6 is 0 Å². The van der Waals surface area contributed by atoms with Crippen LogP contribution in [0.4, 0.5) is 10.1 Å². The number of tetrazole rings is 1. The van der Waals surface area contributed by atoms with Crippen molar-refractivity contribution in [1.29, 1.82) is 0 Å². The summed E-state index contributed by atoms with van der Waals surface area (Å²) in [5, 5.41) is 11.7. The van der Waals surface area contributed by atoms with E-state index in [2.05, 4.69) is 22.4 Å². The van der Waals surface area contributed by atoms with Gasteiger partial charge in [-0.2, -0.15) is 0 Å². The van der Waals surface area contributed by atoms with Crippen LogP contribution in [0.5, 0.6) is 0 Å². The molecule has 0 atom stereocenters. The standard InChI is InChI=1S/C13H18FN5/c1-5-13(3,4)19-12(16-17-18-19)9-6-10(14)8(2)11(15)7-9/h6-7H,5,15H2,1-4H3. The van der Waals surface area contributed by atoms with Gasteiger partial charge in [0.1, 0.15) is 5.82 Å². The number of nitrogens with two attached hydrogens (primary N) is 1. The first-order valence-corrected chi connectivity index (χ1v) is 6.21. The van der Waals surface area contributed by atoms with Crippen molar-refractivity contribution in [3.05, 3.63) is 23.5 Å². The van der Waals surface area contributed by atoms with Gasteiger partial charge >= 0.3 is 0 Å². The molecule has 2 aromatic rings. The van der Waals surface area contributed by atoms with Crippen molar-refractivity contribution in [3.8, 4) is 11.4 Å². The fraction of sp³-hybridized carbons (Fsp3) is 0.462. The average Bonchev–Trinajstić information content (AvgIpc) is 2.85. The molecule has 0 amide bonds. The first-order valence-electron chi connectivity index (χ1n) is 6.21. The maximum absolute atomic E-state index is 13.8. The number of rotatable bonds is 3. The normalized spacial score (nSPS) is 11.8. The molecule has 1 aromatic heterocycles. The predicted octanol–water partition coefficient (Wildman–Crippen LogP) is 2.51. The molecule has 1 aromatic carbocycles. The number of halogens is 1. The number of benzene rings is 1. The molecule has 6 heteroatoms. The molecule has 0 saturated heterocycles. The van der Waals surface area contributed by atoms with Crippen LogP contribution in [0.2, 0.25) is 0 Å². The van der Waals surface area contributed by atoms with Crippen LogP contribution in [0.15, 0.2) is 12.1 Å². The zero-order chi connectivity index (χ0) is 14.2. The Morgan fingerprint density at radius 2 is 2.05 bits per heavy atom. The van der Waals surface area contributed by atoms with Crippen molar-refractivity contribution in [2.24, 2.45) is 0 Å². The van der Waals surface area contributed by atoms with E-state index in [1.54, 1.807) is 17.7 Å². The molecule has 19 heavy (non-hydrogen) atoms. The lowest BCUT2D eigenvalue weighted by Gasteiger charge is -2.24. The molecule has 0 bridgehead atoms. The molecule has 0 saturated carbocycles. The van der Waals surface area contributed by atoms with Gasteiger partial charge in [0.05, 0.1) is 5.54 Å². The smallest absolute Gasteiger partial charge is 0.182 e. The van der Waals surface area contributed by atoms with Crippen molar-refractivity contribution in [3.63, 3.8) is 0 Å². The highest BCUT2D eigenvalue weighted by molar-refractivity contribution is 5.64. The Bertz CT molecular complexity index is 580. The third-order valence-electron chi connectivity index (χ3n) is 3.55. The maximum atomic E-state index is 13.8. The molecule has 0 aliphatic carbocycles. The van der Waals surface area contributed by atoms with E-state index < -0.39 is 0 Å². The summed E-state index contributed by atoms with van der Waals surface area (Å²) in [4.78, 5) is 0. The molecule has 2 N–H and O–H groups in total. The zero-order valence-electron chi connectivity index (χ0n) is 11.6. The molecule has 0 aliphatic rings. The minimum Gasteiger partial charge on any atom is -0.398 e. The fourth-order valence-corrected chi connectivity index (χ4v) is 1.75. The van der Waals surface area contributed by atoms with Crippen molar-refractivity contribution >= 4 is 5.69 Å². The van der Waals surface area contributed by atoms with E-state index in [1.807, 2.05) is 13.8 Å². The lowest BCUT2D eigenvalue weighted by molar-refractivity contribution is 0.304. The van der Waals surface area contributed by atoms with Gasteiger partial charge in [0.2, 0.25) is 0 Å². The second-order valence-corrected chi connectivity index (χ2v) is 5.25. The largest absolute Gasteiger partial charge is 0.398 e. The summed E-state index contributed by atoms with van der Waals surface area (Å²) in [6.45, 7) is 7.75. The van der Waals surface area contributed by atoms with E-state index in [0.29, 0.717) is 22.6 Å². The number of anilines is 1. The minimum atomic E-state index is -0.348. The maximum Gasteiger partial charge on any atom is 0.182 e. The third-order valence-corrected chi connectivity index (χ3v) is 3.55. The van der Waals surface area contributed by atoms with Gasteiger partial charge in [0.15, 0.2) is 5.82 Å². The zero-order valence-corrected chi connectivity index (χ0v) is 11.6. The Kier molecular flexibility index (Phi) is 3.26. The summed E-state index contributed by atoms with van der Waals surface area (Å²) < 4.78 is 15.5. The van der Waals surface area contributed by atoms with Gasteiger partial charge in [-0.25, -0.2) is 9.07 Å². The van der Waals surface area contributed by atoms with Gasteiger partial charge in [0.25, 0.3) is 0 Å². The second-order valence-electron chi connectivity index (χ2n) is 5.25. The van der Waals surface area contributed by atoms with E-state index in [1.165, 1.54) is 6.07 Å². The number of nitrogens with zero attached hydrogens (tertiary/aromatic N) is 4. The van der Waals surface area contributed by atoms with Crippen molar-refractivity contribution in [1.82, 2.24) is 20.2 Å². The molecule has 0 spiro atoms. The fourth-order valence-electron chi connectivity index (χ4n) is 1.75. The molecule has 5 nitrogen and oxygen atoms in total. The van der Waals surface area contributed by atoms with Crippen LogP contribution in [-0.2, 0) is 5.54 Å². The minimum absolute atomic E-state index is 0.241. The summed E-state index contributed by atoms with van der Waals surface area (Å²) in [5.41, 5.74) is 6.99. The van der Waals surface area contributed by atoms with Gasteiger partial charge in [-0.1, -0.05) is 6.92 Å². The van der Waals surface area contributed by atoms with Gasteiger partial charge < -0.3 is 5.73 Å². The molecule has 1 heterocycles. The topological polar surface area (TPSA) is 69.6 Å². The SMILES string of the molecule is CCC(C)(C)n1nnnc1-c1cc(N)c(C)c(F)c1. The number of nitrogen functional groups attached to an aromatic ring is 1. The van der Waals surface area contributed by atoms with Gasteiger partial charge in [0, 0.05) is 16.8 Å². The van der Waals surface area contributed by atoms with Gasteiger partial charge in [-0.15, -0.1) is 5.10 Å². The summed E-state index contributed by atoms with van der Waals surface area (Å²) in [5.74, 6) is 0.177. The number of aromatic nitrogens is 4. The third kappa shape index (κ3) is 2.30. The molecule has 102 valence electrons. The highest BCUT2D eigenvalue weighted by Gasteiger charge is 2.24. The summed E-state index contributed by atoms with van der Waals surface area (Å²) in [6, 6.07) is 3.12. The van der Waals surface area contributed by atoms with E-state index in [0.717, 1.165) is 6.42 Å². The Morgan fingerprint density at radius 1 is 1.37 bits per heavy atom. The summed E-state index contributed by atoms with van der Waals surface area (Å²) in [6.07, 6.45) is 0.856. The lowest BCUT2D eigenvalue weighted by atomic mass is 10.0. The monoisotopic (exact) mass is 263 g/mol. The highest BCUT2D eigenvalue weighted by Crippen LogP contribution is 2.28. The van der Waals surface area contributed by atoms with Crippen LogP contribution < -0.4 is 5.73 Å². The van der Waals surface area contributed by atoms with E-state index in [-0.39, 0.29) is 11.4 Å². The van der Waals surface area contributed by atoms with Crippen LogP contribution in [-0.4, -0.2) is 20.2 Å². The van der Waals surface area contributed by atoms with Crippen LogP contribution in [0.1, 0.15) is 32.8 Å². The molecule has 2 rings (SSSR count). The first-order chi connectivity index (χ1) is 8.86. The number of hydrogen-bond donors (Lipinski definition) is 1. The molecule has 0 radical (unpaired) electrons. The lowest BCUT2D eigenvalue weighted by Crippen LogP contribution is -2.27. The Morgan fingerprint density at radius 3 is 2.63 bits per heavy atom. The average molecular weight is 263 g/mol. The molecule has 0 aliphatic heterocycles. The van der Waals surface area contributed by atoms with Crippen molar-refractivity contribution in [2.45, 2.75) is 39.7 Å². The Balaban J connectivity index is 2.58. The second kappa shape index (κ2) is 4.60. The van der Waals surface area contributed by atoms with E-state index >= 15 is 0 Å². The Labute approximate surface area is 111 Å².